The summed E-state index contributed by atoms with van der Waals surface area (Å²) in [6, 6.07) is 18.8. The summed E-state index contributed by atoms with van der Waals surface area (Å²) in [5.41, 5.74) is 4.67. The van der Waals surface area contributed by atoms with Crippen LogP contribution in [0.15, 0.2) is 65.1 Å². The number of hydroxylamine groups is 1. The van der Waals surface area contributed by atoms with Crippen LogP contribution in [-0.2, 0) is 13.1 Å². The molecule has 0 unspecified atom stereocenters. The van der Waals surface area contributed by atoms with E-state index in [1.165, 1.54) is 6.07 Å². The molecule has 1 aromatic heterocycles. The molecule has 3 aromatic rings. The normalized spacial score (nSPS) is 10.6. The van der Waals surface area contributed by atoms with Crippen LogP contribution in [0, 0.1) is 0 Å². The van der Waals surface area contributed by atoms with Crippen LogP contribution in [0.3, 0.4) is 0 Å². The molecule has 128 valence electrons. The number of benzene rings is 2. The van der Waals surface area contributed by atoms with E-state index in [-0.39, 0.29) is 5.76 Å². The number of carbonyl (C=O) groups is 1. The van der Waals surface area contributed by atoms with Crippen LogP contribution in [0.2, 0.25) is 5.02 Å². The molecular formula is C19H17ClN2O3. The predicted octanol–water partition coefficient (Wildman–Crippen LogP) is 4.01. The number of furan rings is 1. The van der Waals surface area contributed by atoms with Crippen molar-refractivity contribution >= 4 is 17.5 Å². The Bertz CT molecular complexity index is 859. The summed E-state index contributed by atoms with van der Waals surface area (Å²) in [6.45, 7) is 1.46. The summed E-state index contributed by atoms with van der Waals surface area (Å²) in [6.07, 6.45) is 0. The number of carbonyl (C=O) groups excluding carboxylic acids is 1. The summed E-state index contributed by atoms with van der Waals surface area (Å²) in [4.78, 5) is 11.3. The molecule has 0 radical (unpaired) electrons. The van der Waals surface area contributed by atoms with Crippen LogP contribution in [-0.4, -0.2) is 11.1 Å². The van der Waals surface area contributed by atoms with Crippen molar-refractivity contribution in [3.05, 3.63) is 82.6 Å². The molecule has 25 heavy (non-hydrogen) atoms. The van der Waals surface area contributed by atoms with Crippen molar-refractivity contribution < 1.29 is 14.4 Å². The summed E-state index contributed by atoms with van der Waals surface area (Å²) in [5, 5.41) is 12.7. The number of halogens is 1. The minimum absolute atomic E-state index is 0.0600. The maximum atomic E-state index is 11.3. The fourth-order valence-corrected chi connectivity index (χ4v) is 2.67. The lowest BCUT2D eigenvalue weighted by atomic mass is 10.1. The highest BCUT2D eigenvalue weighted by Crippen LogP contribution is 2.22. The number of rotatable bonds is 6. The number of hydrogen-bond donors (Lipinski definition) is 3. The average molecular weight is 357 g/mol. The van der Waals surface area contributed by atoms with Gasteiger partial charge in [0.25, 0.3) is 0 Å². The Morgan fingerprint density at radius 3 is 2.48 bits per heavy atom. The standard InChI is InChI=1S/C19H17ClN2O3/c20-16-3-1-2-14(10-16)12-21-11-13-4-6-15(7-5-13)17-8-9-18(25-17)19(23)22-24/h1-10,21,24H,11-12H2,(H,22,23). The molecule has 0 saturated carbocycles. The van der Waals surface area contributed by atoms with Gasteiger partial charge in [0.15, 0.2) is 5.76 Å². The quantitative estimate of drug-likeness (QED) is 0.461. The maximum absolute atomic E-state index is 11.3. The van der Waals surface area contributed by atoms with Gasteiger partial charge < -0.3 is 9.73 Å². The lowest BCUT2D eigenvalue weighted by molar-refractivity contribution is 0.0677. The highest BCUT2D eigenvalue weighted by atomic mass is 35.5. The third kappa shape index (κ3) is 4.48. The first kappa shape index (κ1) is 17.2. The Labute approximate surface area is 150 Å². The third-order valence-corrected chi connectivity index (χ3v) is 3.95. The molecule has 0 fully saturated rings. The molecule has 0 spiro atoms. The first-order chi connectivity index (χ1) is 12.2. The van der Waals surface area contributed by atoms with Gasteiger partial charge in [0, 0.05) is 23.7 Å². The lowest BCUT2D eigenvalue weighted by Crippen LogP contribution is -2.17. The van der Waals surface area contributed by atoms with E-state index >= 15 is 0 Å². The monoisotopic (exact) mass is 356 g/mol. The van der Waals surface area contributed by atoms with Crippen molar-refractivity contribution in [1.82, 2.24) is 10.8 Å². The molecule has 3 N–H and O–H groups in total. The summed E-state index contributed by atoms with van der Waals surface area (Å²) >= 11 is 5.97. The van der Waals surface area contributed by atoms with Gasteiger partial charge in [0.2, 0.25) is 0 Å². The fourth-order valence-electron chi connectivity index (χ4n) is 2.46. The Balaban J connectivity index is 1.58. The van der Waals surface area contributed by atoms with Crippen molar-refractivity contribution in [3.8, 4) is 11.3 Å². The van der Waals surface area contributed by atoms with E-state index in [0.29, 0.717) is 5.76 Å². The summed E-state index contributed by atoms with van der Waals surface area (Å²) < 4.78 is 5.41. The molecule has 0 aliphatic rings. The first-order valence-corrected chi connectivity index (χ1v) is 8.12. The zero-order valence-corrected chi connectivity index (χ0v) is 14.1. The molecule has 5 nitrogen and oxygen atoms in total. The van der Waals surface area contributed by atoms with Gasteiger partial charge in [-0.05, 0) is 35.4 Å². The summed E-state index contributed by atoms with van der Waals surface area (Å²) in [7, 11) is 0. The zero-order valence-electron chi connectivity index (χ0n) is 13.3. The van der Waals surface area contributed by atoms with E-state index in [1.807, 2.05) is 48.5 Å². The molecule has 0 saturated heterocycles. The van der Waals surface area contributed by atoms with Crippen molar-refractivity contribution in [2.45, 2.75) is 13.1 Å². The second-order valence-electron chi connectivity index (χ2n) is 5.54. The van der Waals surface area contributed by atoms with Crippen LogP contribution in [0.5, 0.6) is 0 Å². The molecule has 0 atom stereocenters. The first-order valence-electron chi connectivity index (χ1n) is 7.74. The second-order valence-corrected chi connectivity index (χ2v) is 5.97. The molecule has 0 aliphatic heterocycles. The average Bonchev–Trinajstić information content (AvgIpc) is 3.12. The molecule has 0 aliphatic carbocycles. The molecule has 6 heteroatoms. The minimum atomic E-state index is -0.673. The molecule has 2 aromatic carbocycles. The van der Waals surface area contributed by atoms with Gasteiger partial charge in [0.1, 0.15) is 5.76 Å². The van der Waals surface area contributed by atoms with E-state index in [9.17, 15) is 4.79 Å². The predicted molar refractivity (Wildman–Crippen MR) is 95.4 cm³/mol. The van der Waals surface area contributed by atoms with Gasteiger partial charge in [-0.15, -0.1) is 0 Å². The van der Waals surface area contributed by atoms with Crippen LogP contribution < -0.4 is 10.8 Å². The smallest absolute Gasteiger partial charge is 0.310 e. The van der Waals surface area contributed by atoms with E-state index < -0.39 is 5.91 Å². The van der Waals surface area contributed by atoms with Crippen molar-refractivity contribution in [2.24, 2.45) is 0 Å². The summed E-state index contributed by atoms with van der Waals surface area (Å²) in [5.74, 6) is -0.0464. The van der Waals surface area contributed by atoms with E-state index in [0.717, 1.165) is 34.8 Å². The largest absolute Gasteiger partial charge is 0.451 e. The molecule has 3 rings (SSSR count). The van der Waals surface area contributed by atoms with Gasteiger partial charge in [-0.25, -0.2) is 5.48 Å². The van der Waals surface area contributed by atoms with E-state index in [1.54, 1.807) is 11.5 Å². The van der Waals surface area contributed by atoms with Gasteiger partial charge in [-0.1, -0.05) is 48.0 Å². The Hall–Kier alpha value is -2.60. The molecule has 1 amide bonds. The fraction of sp³-hybridized carbons (Fsp3) is 0.105. The number of hydrogen-bond acceptors (Lipinski definition) is 4. The van der Waals surface area contributed by atoms with Crippen molar-refractivity contribution in [1.29, 1.82) is 0 Å². The van der Waals surface area contributed by atoms with Crippen LogP contribution in [0.25, 0.3) is 11.3 Å². The topological polar surface area (TPSA) is 74.5 Å². The van der Waals surface area contributed by atoms with Gasteiger partial charge in [0.05, 0.1) is 0 Å². The van der Waals surface area contributed by atoms with Crippen LogP contribution >= 0.6 is 11.6 Å². The van der Waals surface area contributed by atoms with Crippen LogP contribution in [0.1, 0.15) is 21.7 Å². The van der Waals surface area contributed by atoms with Gasteiger partial charge >= 0.3 is 5.91 Å². The number of nitrogens with one attached hydrogen (secondary N) is 2. The third-order valence-electron chi connectivity index (χ3n) is 3.72. The Morgan fingerprint density at radius 1 is 1.00 bits per heavy atom. The van der Waals surface area contributed by atoms with E-state index in [4.69, 9.17) is 21.2 Å². The number of amides is 1. The zero-order chi connectivity index (χ0) is 17.6. The Kier molecular flexibility index (Phi) is 5.50. The van der Waals surface area contributed by atoms with Crippen LogP contribution in [0.4, 0.5) is 0 Å². The minimum Gasteiger partial charge on any atom is -0.451 e. The van der Waals surface area contributed by atoms with Crippen molar-refractivity contribution in [2.75, 3.05) is 0 Å². The van der Waals surface area contributed by atoms with E-state index in [2.05, 4.69) is 5.32 Å². The molecule has 0 bridgehead atoms. The van der Waals surface area contributed by atoms with Gasteiger partial charge in [-0.2, -0.15) is 0 Å². The second kappa shape index (κ2) is 7.98. The lowest BCUT2D eigenvalue weighted by Gasteiger charge is -2.06. The molecular weight excluding hydrogens is 340 g/mol. The van der Waals surface area contributed by atoms with Gasteiger partial charge in [-0.3, -0.25) is 10.0 Å². The SMILES string of the molecule is O=C(NO)c1ccc(-c2ccc(CNCc3cccc(Cl)c3)cc2)o1. The maximum Gasteiger partial charge on any atom is 0.310 e. The Morgan fingerprint density at radius 2 is 1.76 bits per heavy atom. The molecule has 1 heterocycles. The highest BCUT2D eigenvalue weighted by molar-refractivity contribution is 6.30. The highest BCUT2D eigenvalue weighted by Gasteiger charge is 2.11. The van der Waals surface area contributed by atoms with Crippen molar-refractivity contribution in [3.63, 3.8) is 0 Å².